The van der Waals surface area contributed by atoms with Crippen LogP contribution < -0.4 is 5.32 Å². The van der Waals surface area contributed by atoms with Crippen LogP contribution in [0.2, 0.25) is 0 Å². The molecule has 1 aromatic heterocycles. The molecule has 22 heavy (non-hydrogen) atoms. The van der Waals surface area contributed by atoms with Crippen molar-refractivity contribution in [3.05, 3.63) is 21.4 Å². The van der Waals surface area contributed by atoms with Crippen molar-refractivity contribution in [2.75, 3.05) is 13.2 Å². The molecule has 0 fully saturated rings. The Balaban J connectivity index is 1.86. The van der Waals surface area contributed by atoms with Gasteiger partial charge < -0.3 is 10.1 Å². The van der Waals surface area contributed by atoms with Gasteiger partial charge in [0.25, 0.3) is 5.91 Å². The maximum Gasteiger partial charge on any atom is 0.348 e. The van der Waals surface area contributed by atoms with Crippen LogP contribution >= 0.6 is 11.3 Å². The molecule has 1 aliphatic carbocycles. The summed E-state index contributed by atoms with van der Waals surface area (Å²) in [5.74, 6) is 0.490. The fourth-order valence-corrected chi connectivity index (χ4v) is 3.72. The predicted molar refractivity (Wildman–Crippen MR) is 88.3 cm³/mol. The van der Waals surface area contributed by atoms with Crippen LogP contribution in [0.3, 0.4) is 0 Å². The summed E-state index contributed by atoms with van der Waals surface area (Å²) in [5, 5.41) is 2.74. The molecule has 122 valence electrons. The summed E-state index contributed by atoms with van der Waals surface area (Å²) in [6.45, 7) is 6.65. The quantitative estimate of drug-likeness (QED) is 0.818. The highest BCUT2D eigenvalue weighted by Crippen LogP contribution is 2.33. The van der Waals surface area contributed by atoms with Gasteiger partial charge in [-0.3, -0.25) is 4.79 Å². The Morgan fingerprint density at radius 2 is 2.23 bits per heavy atom. The van der Waals surface area contributed by atoms with E-state index in [0.29, 0.717) is 17.3 Å². The summed E-state index contributed by atoms with van der Waals surface area (Å²) in [5.41, 5.74) is 1.29. The molecule has 0 unspecified atom stereocenters. The zero-order valence-electron chi connectivity index (χ0n) is 13.6. The van der Waals surface area contributed by atoms with Gasteiger partial charge in [0.1, 0.15) is 4.88 Å². The summed E-state index contributed by atoms with van der Waals surface area (Å²) in [4.78, 5) is 25.6. The second-order valence-electron chi connectivity index (χ2n) is 6.35. The molecule has 0 aliphatic heterocycles. The summed E-state index contributed by atoms with van der Waals surface area (Å²) in [6.07, 6.45) is 4.51. The molecule has 4 nitrogen and oxygen atoms in total. The molecule has 0 bridgehead atoms. The van der Waals surface area contributed by atoms with Gasteiger partial charge in [0.15, 0.2) is 6.61 Å². The van der Waals surface area contributed by atoms with Gasteiger partial charge in [0.05, 0.1) is 0 Å². The molecule has 1 amide bonds. The van der Waals surface area contributed by atoms with E-state index in [2.05, 4.69) is 12.2 Å². The molecule has 1 aromatic rings. The van der Waals surface area contributed by atoms with Gasteiger partial charge in [-0.15, -0.1) is 11.3 Å². The maximum absolute atomic E-state index is 12.1. The number of thiophene rings is 1. The average molecular weight is 323 g/mol. The highest BCUT2D eigenvalue weighted by Gasteiger charge is 2.22. The van der Waals surface area contributed by atoms with Crippen LogP contribution in [-0.2, 0) is 22.4 Å². The van der Waals surface area contributed by atoms with Crippen molar-refractivity contribution in [1.29, 1.82) is 0 Å². The Morgan fingerprint density at radius 3 is 2.91 bits per heavy atom. The number of nitrogens with one attached hydrogen (secondary N) is 1. The first kappa shape index (κ1) is 17.0. The van der Waals surface area contributed by atoms with Crippen LogP contribution in [0, 0.1) is 11.8 Å². The van der Waals surface area contributed by atoms with E-state index < -0.39 is 0 Å². The second kappa shape index (κ2) is 7.77. The number of aryl methyl sites for hydroxylation is 1. The fraction of sp³-hybridized carbons (Fsp3) is 0.647. The summed E-state index contributed by atoms with van der Waals surface area (Å²) >= 11 is 1.52. The van der Waals surface area contributed by atoms with Crippen LogP contribution in [-0.4, -0.2) is 25.0 Å². The van der Waals surface area contributed by atoms with Crippen molar-refractivity contribution in [1.82, 2.24) is 5.32 Å². The van der Waals surface area contributed by atoms with E-state index in [1.54, 1.807) is 0 Å². The highest BCUT2D eigenvalue weighted by molar-refractivity contribution is 7.14. The number of hydrogen-bond acceptors (Lipinski definition) is 4. The standard InChI is InChI=1S/C17H25NO3S/c1-4-12-5-6-14-13(7-12)8-15(22-14)17(20)21-10-16(19)18-9-11(2)3/h8,11-12H,4-7,9-10H2,1-3H3,(H,18,19)/t12-/m0/s1. The van der Waals surface area contributed by atoms with E-state index in [0.717, 1.165) is 18.8 Å². The molecule has 1 aliphatic rings. The lowest BCUT2D eigenvalue weighted by Crippen LogP contribution is -2.31. The van der Waals surface area contributed by atoms with Gasteiger partial charge >= 0.3 is 5.97 Å². The number of carbonyl (C=O) groups excluding carboxylic acids is 2. The first-order valence-electron chi connectivity index (χ1n) is 8.05. The van der Waals surface area contributed by atoms with Crippen molar-refractivity contribution >= 4 is 23.2 Å². The van der Waals surface area contributed by atoms with Gasteiger partial charge in [-0.05, 0) is 42.7 Å². The Morgan fingerprint density at radius 1 is 1.45 bits per heavy atom. The van der Waals surface area contributed by atoms with Crippen molar-refractivity contribution < 1.29 is 14.3 Å². The molecule has 2 rings (SSSR count). The van der Waals surface area contributed by atoms with Crippen LogP contribution in [0.5, 0.6) is 0 Å². The lowest BCUT2D eigenvalue weighted by atomic mass is 9.87. The van der Waals surface area contributed by atoms with Crippen molar-refractivity contribution in [3.63, 3.8) is 0 Å². The van der Waals surface area contributed by atoms with Crippen LogP contribution in [0.1, 0.15) is 53.7 Å². The van der Waals surface area contributed by atoms with Crippen LogP contribution in [0.15, 0.2) is 6.07 Å². The predicted octanol–water partition coefficient (Wildman–Crippen LogP) is 3.19. The zero-order valence-corrected chi connectivity index (χ0v) is 14.4. The first-order chi connectivity index (χ1) is 10.5. The minimum absolute atomic E-state index is 0.203. The molecule has 1 atom stereocenters. The van der Waals surface area contributed by atoms with E-state index in [4.69, 9.17) is 4.74 Å². The number of fused-ring (bicyclic) bond motifs is 1. The lowest BCUT2D eigenvalue weighted by Gasteiger charge is -2.19. The Hall–Kier alpha value is -1.36. The molecule has 0 saturated heterocycles. The largest absolute Gasteiger partial charge is 0.451 e. The molecule has 0 spiro atoms. The van der Waals surface area contributed by atoms with Gasteiger partial charge in [-0.25, -0.2) is 4.79 Å². The van der Waals surface area contributed by atoms with Crippen molar-refractivity contribution in [2.45, 2.75) is 46.5 Å². The number of ether oxygens (including phenoxy) is 1. The fourth-order valence-electron chi connectivity index (χ4n) is 2.62. The number of esters is 1. The zero-order chi connectivity index (χ0) is 16.1. The van der Waals surface area contributed by atoms with E-state index >= 15 is 0 Å². The average Bonchev–Trinajstić information content (AvgIpc) is 2.93. The molecular formula is C17H25NO3S. The number of rotatable bonds is 6. The van der Waals surface area contributed by atoms with Gasteiger partial charge in [-0.1, -0.05) is 27.2 Å². The summed E-state index contributed by atoms with van der Waals surface area (Å²) in [6, 6.07) is 1.95. The van der Waals surface area contributed by atoms with Crippen molar-refractivity contribution in [3.8, 4) is 0 Å². The molecule has 5 heteroatoms. The van der Waals surface area contributed by atoms with E-state index in [-0.39, 0.29) is 18.5 Å². The molecule has 1 heterocycles. The normalized spacial score (nSPS) is 17.2. The minimum atomic E-state index is -0.382. The Kier molecular flexibility index (Phi) is 6.00. The SMILES string of the molecule is CC[C@H]1CCc2sc(C(=O)OCC(=O)NCC(C)C)cc2C1. The lowest BCUT2D eigenvalue weighted by molar-refractivity contribution is -0.124. The highest BCUT2D eigenvalue weighted by atomic mass is 32.1. The monoisotopic (exact) mass is 323 g/mol. The first-order valence-corrected chi connectivity index (χ1v) is 8.86. The summed E-state index contributed by atoms with van der Waals surface area (Å²) < 4.78 is 5.11. The van der Waals surface area contributed by atoms with Crippen molar-refractivity contribution in [2.24, 2.45) is 11.8 Å². The van der Waals surface area contributed by atoms with E-state index in [1.807, 2.05) is 19.9 Å². The molecule has 0 saturated carbocycles. The Labute approximate surface area is 136 Å². The number of hydrogen-bond donors (Lipinski definition) is 1. The van der Waals surface area contributed by atoms with E-state index in [9.17, 15) is 9.59 Å². The van der Waals surface area contributed by atoms with Crippen LogP contribution in [0.25, 0.3) is 0 Å². The smallest absolute Gasteiger partial charge is 0.348 e. The van der Waals surface area contributed by atoms with Gasteiger partial charge in [0.2, 0.25) is 0 Å². The van der Waals surface area contributed by atoms with Gasteiger partial charge in [-0.2, -0.15) is 0 Å². The van der Waals surface area contributed by atoms with Crippen LogP contribution in [0.4, 0.5) is 0 Å². The summed E-state index contributed by atoms with van der Waals surface area (Å²) in [7, 11) is 0. The minimum Gasteiger partial charge on any atom is -0.451 e. The third kappa shape index (κ3) is 4.57. The maximum atomic E-state index is 12.1. The van der Waals surface area contributed by atoms with Gasteiger partial charge in [0, 0.05) is 11.4 Å². The molecule has 1 N–H and O–H groups in total. The molecule has 0 radical (unpaired) electrons. The topological polar surface area (TPSA) is 55.4 Å². The number of amides is 1. The Bertz CT molecular complexity index is 536. The third-order valence-corrected chi connectivity index (χ3v) is 5.22. The third-order valence-electron chi connectivity index (χ3n) is 4.01. The molecule has 0 aromatic carbocycles. The number of carbonyl (C=O) groups is 2. The second-order valence-corrected chi connectivity index (χ2v) is 7.49. The van der Waals surface area contributed by atoms with E-state index in [1.165, 1.54) is 34.6 Å². The molecular weight excluding hydrogens is 298 g/mol.